The molecule has 0 aliphatic heterocycles. The molecule has 19 heavy (non-hydrogen) atoms. The zero-order chi connectivity index (χ0) is 14.0. The zero-order valence-electron chi connectivity index (χ0n) is 12.3. The van der Waals surface area contributed by atoms with E-state index in [0.717, 1.165) is 25.3 Å². The Kier molecular flexibility index (Phi) is 8.57. The summed E-state index contributed by atoms with van der Waals surface area (Å²) in [6.45, 7) is 8.49. The number of hydrogen-bond acceptors (Lipinski definition) is 4. The van der Waals surface area contributed by atoms with Crippen molar-refractivity contribution < 1.29 is 13.3 Å². The van der Waals surface area contributed by atoms with Crippen LogP contribution in [0.1, 0.15) is 44.9 Å². The van der Waals surface area contributed by atoms with Crippen LogP contribution < -0.4 is 0 Å². The third-order valence-corrected chi connectivity index (χ3v) is 6.43. The van der Waals surface area contributed by atoms with E-state index >= 15 is 0 Å². The Morgan fingerprint density at radius 1 is 0.947 bits per heavy atom. The molecule has 0 fully saturated rings. The molecule has 0 aromatic carbocycles. The second kappa shape index (κ2) is 9.66. The fraction of sp³-hybridized carbons (Fsp3) is 0.714. The maximum Gasteiger partial charge on any atom is 0.506 e. The third kappa shape index (κ3) is 6.18. The Hall–Kier alpha value is -0.203. The molecule has 1 rings (SSSR count). The highest BCUT2D eigenvalue weighted by atomic mass is 32.1. The molecule has 1 aromatic heterocycles. The summed E-state index contributed by atoms with van der Waals surface area (Å²) in [4.78, 5) is 1.29. The van der Waals surface area contributed by atoms with Gasteiger partial charge in [-0.05, 0) is 30.7 Å². The standard InChI is InChI=1S/C14H26O3SSi/c1-4-9-15-19(16-10-5-2,17-11-6-3)13-14-8-7-12-18-14/h7-8,12H,4-6,9-11,13H2,1-3H3. The second-order valence-electron chi connectivity index (χ2n) is 4.48. The molecule has 5 heteroatoms. The molecular weight excluding hydrogens is 276 g/mol. The lowest BCUT2D eigenvalue weighted by molar-refractivity contribution is 0.0585. The topological polar surface area (TPSA) is 27.7 Å². The zero-order valence-corrected chi connectivity index (χ0v) is 14.1. The molecule has 0 N–H and O–H groups in total. The Balaban J connectivity index is 2.74. The average molecular weight is 303 g/mol. The van der Waals surface area contributed by atoms with Gasteiger partial charge in [-0.1, -0.05) is 26.8 Å². The lowest BCUT2D eigenvalue weighted by Crippen LogP contribution is -2.49. The average Bonchev–Trinajstić information content (AvgIpc) is 2.93. The van der Waals surface area contributed by atoms with Crippen molar-refractivity contribution in [1.29, 1.82) is 0 Å². The minimum Gasteiger partial charge on any atom is -0.373 e. The first-order valence-corrected chi connectivity index (χ1v) is 10.0. The minimum atomic E-state index is -2.55. The summed E-state index contributed by atoms with van der Waals surface area (Å²) >= 11 is 1.74. The van der Waals surface area contributed by atoms with Crippen LogP contribution in [0.5, 0.6) is 0 Å². The quantitative estimate of drug-likeness (QED) is 0.577. The summed E-state index contributed by atoms with van der Waals surface area (Å²) in [5.74, 6) is 0. The lowest BCUT2D eigenvalue weighted by Gasteiger charge is -2.29. The van der Waals surface area contributed by atoms with Crippen molar-refractivity contribution >= 4 is 20.1 Å². The Labute approximate surface area is 122 Å². The smallest absolute Gasteiger partial charge is 0.373 e. The first-order chi connectivity index (χ1) is 9.26. The normalized spacial score (nSPS) is 11.9. The van der Waals surface area contributed by atoms with Gasteiger partial charge in [-0.15, -0.1) is 11.3 Å². The Bertz CT molecular complexity index is 295. The highest BCUT2D eigenvalue weighted by Gasteiger charge is 2.41. The van der Waals surface area contributed by atoms with Crippen molar-refractivity contribution in [1.82, 2.24) is 0 Å². The predicted octanol–water partition coefficient (Wildman–Crippen LogP) is 4.05. The number of rotatable bonds is 11. The van der Waals surface area contributed by atoms with E-state index in [1.165, 1.54) is 4.88 Å². The monoisotopic (exact) mass is 302 g/mol. The summed E-state index contributed by atoms with van der Waals surface area (Å²) in [6, 6.07) is 5.00. The van der Waals surface area contributed by atoms with Crippen molar-refractivity contribution in [2.75, 3.05) is 19.8 Å². The van der Waals surface area contributed by atoms with Crippen molar-refractivity contribution in [3.8, 4) is 0 Å². The van der Waals surface area contributed by atoms with E-state index in [0.29, 0.717) is 19.8 Å². The first-order valence-electron chi connectivity index (χ1n) is 7.20. The fourth-order valence-electron chi connectivity index (χ4n) is 1.68. The van der Waals surface area contributed by atoms with Crippen LogP contribution in [-0.2, 0) is 19.3 Å². The van der Waals surface area contributed by atoms with E-state index in [4.69, 9.17) is 13.3 Å². The molecular formula is C14H26O3SSi. The second-order valence-corrected chi connectivity index (χ2v) is 8.10. The van der Waals surface area contributed by atoms with Crippen LogP contribution in [0.3, 0.4) is 0 Å². The highest BCUT2D eigenvalue weighted by molar-refractivity contribution is 7.10. The summed E-state index contributed by atoms with van der Waals surface area (Å²) in [7, 11) is -2.55. The van der Waals surface area contributed by atoms with E-state index in [2.05, 4.69) is 38.3 Å². The van der Waals surface area contributed by atoms with Crippen molar-refractivity contribution in [2.24, 2.45) is 0 Å². The lowest BCUT2D eigenvalue weighted by atomic mass is 10.5. The van der Waals surface area contributed by atoms with Gasteiger partial charge < -0.3 is 13.3 Å². The molecule has 0 unspecified atom stereocenters. The van der Waals surface area contributed by atoms with Crippen LogP contribution in [-0.4, -0.2) is 28.6 Å². The summed E-state index contributed by atoms with van der Waals surface area (Å²) in [6.07, 6.45) is 2.97. The molecule has 0 radical (unpaired) electrons. The molecule has 3 nitrogen and oxygen atoms in total. The van der Waals surface area contributed by atoms with Crippen LogP contribution >= 0.6 is 11.3 Å². The summed E-state index contributed by atoms with van der Waals surface area (Å²) < 4.78 is 18.2. The third-order valence-electron chi connectivity index (χ3n) is 2.55. The molecule has 0 amide bonds. The predicted molar refractivity (Wildman–Crippen MR) is 82.5 cm³/mol. The van der Waals surface area contributed by atoms with Crippen LogP contribution in [0.4, 0.5) is 0 Å². The van der Waals surface area contributed by atoms with Gasteiger partial charge >= 0.3 is 8.80 Å². The van der Waals surface area contributed by atoms with E-state index < -0.39 is 8.80 Å². The maximum atomic E-state index is 6.06. The first kappa shape index (κ1) is 16.9. The molecule has 0 aliphatic carbocycles. The van der Waals surface area contributed by atoms with Gasteiger partial charge in [0.15, 0.2) is 0 Å². The molecule has 0 spiro atoms. The van der Waals surface area contributed by atoms with Crippen LogP contribution in [0.15, 0.2) is 17.5 Å². The van der Waals surface area contributed by atoms with Gasteiger partial charge in [-0.2, -0.15) is 0 Å². The van der Waals surface area contributed by atoms with E-state index in [1.807, 2.05) is 0 Å². The van der Waals surface area contributed by atoms with Crippen molar-refractivity contribution in [2.45, 2.75) is 46.1 Å². The van der Waals surface area contributed by atoms with Gasteiger partial charge in [0.1, 0.15) is 0 Å². The van der Waals surface area contributed by atoms with Gasteiger partial charge in [0, 0.05) is 24.7 Å². The maximum absolute atomic E-state index is 6.06. The molecule has 0 aliphatic rings. The van der Waals surface area contributed by atoms with Gasteiger partial charge in [0.2, 0.25) is 0 Å². The van der Waals surface area contributed by atoms with Crippen molar-refractivity contribution in [3.05, 3.63) is 22.4 Å². The Morgan fingerprint density at radius 2 is 1.47 bits per heavy atom. The molecule has 110 valence electrons. The summed E-state index contributed by atoms with van der Waals surface area (Å²) in [5, 5.41) is 2.09. The van der Waals surface area contributed by atoms with Gasteiger partial charge in [0.25, 0.3) is 0 Å². The molecule has 1 heterocycles. The van der Waals surface area contributed by atoms with Crippen LogP contribution in [0, 0.1) is 0 Å². The van der Waals surface area contributed by atoms with Crippen molar-refractivity contribution in [3.63, 3.8) is 0 Å². The molecule has 1 aromatic rings. The van der Waals surface area contributed by atoms with Gasteiger partial charge in [-0.25, -0.2) is 0 Å². The SMILES string of the molecule is CCCO[Si](Cc1cccs1)(OCCC)OCCC. The van der Waals surface area contributed by atoms with E-state index in [9.17, 15) is 0 Å². The largest absolute Gasteiger partial charge is 0.506 e. The molecule has 0 bridgehead atoms. The highest BCUT2D eigenvalue weighted by Crippen LogP contribution is 2.21. The van der Waals surface area contributed by atoms with Gasteiger partial charge in [0.05, 0.1) is 6.04 Å². The molecule has 0 saturated carbocycles. The summed E-state index contributed by atoms with van der Waals surface area (Å²) in [5.41, 5.74) is 0. The van der Waals surface area contributed by atoms with E-state index in [1.54, 1.807) is 11.3 Å². The molecule has 0 saturated heterocycles. The number of thiophene rings is 1. The van der Waals surface area contributed by atoms with Crippen LogP contribution in [0.2, 0.25) is 0 Å². The Morgan fingerprint density at radius 3 is 1.84 bits per heavy atom. The minimum absolute atomic E-state index is 0.713. The van der Waals surface area contributed by atoms with Crippen LogP contribution in [0.25, 0.3) is 0 Å². The fourth-order valence-corrected chi connectivity index (χ4v) is 5.68. The van der Waals surface area contributed by atoms with E-state index in [-0.39, 0.29) is 0 Å². The number of hydrogen-bond donors (Lipinski definition) is 0. The van der Waals surface area contributed by atoms with Gasteiger partial charge in [-0.3, -0.25) is 0 Å². The molecule has 0 atom stereocenters.